The Bertz CT molecular complexity index is 525. The van der Waals surface area contributed by atoms with Gasteiger partial charge in [0.1, 0.15) is 0 Å². The van der Waals surface area contributed by atoms with Gasteiger partial charge < -0.3 is 0 Å². The van der Waals surface area contributed by atoms with Crippen LogP contribution in [0.3, 0.4) is 0 Å². The van der Waals surface area contributed by atoms with Crippen molar-refractivity contribution in [2.45, 2.75) is 97.8 Å². The van der Waals surface area contributed by atoms with Gasteiger partial charge in [-0.2, -0.15) is 0 Å². The van der Waals surface area contributed by atoms with Crippen LogP contribution in [0.15, 0.2) is 16.5 Å². The van der Waals surface area contributed by atoms with E-state index in [2.05, 4.69) is 26.0 Å². The molecule has 0 aliphatic carbocycles. The van der Waals surface area contributed by atoms with E-state index >= 15 is 0 Å². The van der Waals surface area contributed by atoms with Crippen LogP contribution in [0, 0.1) is 13.8 Å². The molecule has 28 heavy (non-hydrogen) atoms. The van der Waals surface area contributed by atoms with Crippen LogP contribution in [0.25, 0.3) is 0 Å². The van der Waals surface area contributed by atoms with Gasteiger partial charge in [0.15, 0.2) is 0 Å². The fourth-order valence-corrected chi connectivity index (χ4v) is 2.97. The zero-order valence-corrected chi connectivity index (χ0v) is 18.2. The van der Waals surface area contributed by atoms with Gasteiger partial charge in [-0.3, -0.25) is 0 Å². The summed E-state index contributed by atoms with van der Waals surface area (Å²) in [5.41, 5.74) is 1.32. The summed E-state index contributed by atoms with van der Waals surface area (Å²) in [4.78, 5) is 0. The summed E-state index contributed by atoms with van der Waals surface area (Å²) in [6.07, 6.45) is 16.5. The average Bonchev–Trinajstić information content (AvgIpc) is 2.48. The van der Waals surface area contributed by atoms with E-state index in [0.717, 1.165) is 17.9 Å². The van der Waals surface area contributed by atoms with Crippen LogP contribution in [0.4, 0.5) is 25.2 Å². The number of hydrogen-bond donors (Lipinski definition) is 0. The number of halogens is 6. The Balaban J connectivity index is 0.000000887. The van der Waals surface area contributed by atoms with Crippen LogP contribution < -0.4 is 0 Å². The molecular weight excluding hydrogens is 401 g/mol. The average molecular weight is 436 g/mol. The fraction of sp³-hybridized carbons (Fsp3) is 0.750. The van der Waals surface area contributed by atoms with E-state index in [-0.39, 0.29) is 0 Å². The van der Waals surface area contributed by atoms with E-state index < -0.39 is 7.81 Å². The zero-order chi connectivity index (χ0) is 21.7. The van der Waals surface area contributed by atoms with Crippen LogP contribution in [0.1, 0.15) is 94.6 Å². The number of rotatable bonds is 12. The van der Waals surface area contributed by atoms with E-state index in [1.165, 1.54) is 76.2 Å². The van der Waals surface area contributed by atoms with E-state index in [1.807, 2.05) is 6.92 Å². The van der Waals surface area contributed by atoms with Crippen molar-refractivity contribution >= 4 is 7.81 Å². The van der Waals surface area contributed by atoms with E-state index in [9.17, 15) is 25.2 Å². The van der Waals surface area contributed by atoms with Gasteiger partial charge in [0.25, 0.3) is 0 Å². The van der Waals surface area contributed by atoms with Crippen molar-refractivity contribution in [1.82, 2.24) is 0 Å². The van der Waals surface area contributed by atoms with Crippen molar-refractivity contribution in [1.29, 1.82) is 0 Å². The van der Waals surface area contributed by atoms with Crippen molar-refractivity contribution in [3.05, 3.63) is 29.2 Å². The molecule has 0 aromatic carbocycles. The molecule has 1 rings (SSSR count). The molecule has 0 saturated heterocycles. The summed E-state index contributed by atoms with van der Waals surface area (Å²) in [6.45, 7) is 6.47. The summed E-state index contributed by atoms with van der Waals surface area (Å²) in [7, 11) is -10.7. The molecule has 8 heteroatoms. The topological polar surface area (TPSA) is 11.3 Å². The summed E-state index contributed by atoms with van der Waals surface area (Å²) in [5, 5.41) is 0. The molecule has 1 aromatic rings. The summed E-state index contributed by atoms with van der Waals surface area (Å²) in [5.74, 6) is 2.19. The van der Waals surface area contributed by atoms with Gasteiger partial charge in [-0.15, -0.1) is 0 Å². The Kier molecular flexibility index (Phi) is 11.0. The molecule has 0 atom stereocenters. The Labute approximate surface area is 165 Å². The Morgan fingerprint density at radius 2 is 1.07 bits per heavy atom. The van der Waals surface area contributed by atoms with Gasteiger partial charge in [-0.25, -0.2) is 4.42 Å². The molecule has 0 saturated carbocycles. The first-order chi connectivity index (χ1) is 12.7. The Hall–Kier alpha value is -0.840. The summed E-state index contributed by atoms with van der Waals surface area (Å²) < 4.78 is 64.9. The van der Waals surface area contributed by atoms with Crippen LogP contribution in [0.5, 0.6) is 0 Å². The maximum absolute atomic E-state index is 10.7. The van der Waals surface area contributed by atoms with Crippen LogP contribution >= 0.6 is 7.81 Å². The Morgan fingerprint density at radius 1 is 0.679 bits per heavy atom. The minimum atomic E-state index is -10.7. The third kappa shape index (κ3) is 25.2. The SMILES string of the molecule is CCCCCCCCCCCCCc1cc(C)cc(C)[o+]1.F[P-](F)(F)(F)(F)F. The second-order valence-electron chi connectivity index (χ2n) is 7.46. The minimum absolute atomic E-state index is 1.04. The molecule has 0 fully saturated rings. The van der Waals surface area contributed by atoms with E-state index in [4.69, 9.17) is 4.42 Å². The van der Waals surface area contributed by atoms with Gasteiger partial charge in [-0.1, -0.05) is 71.1 Å². The molecule has 1 nitrogen and oxygen atoms in total. The molecule has 1 heterocycles. The second kappa shape index (κ2) is 11.4. The molecule has 0 unspecified atom stereocenters. The van der Waals surface area contributed by atoms with Gasteiger partial charge in [0.2, 0.25) is 0 Å². The molecule has 0 radical (unpaired) electrons. The second-order valence-corrected chi connectivity index (χ2v) is 9.37. The maximum atomic E-state index is 9.87. The molecule has 0 aliphatic heterocycles. The molecule has 1 aromatic heterocycles. The first-order valence-electron chi connectivity index (χ1n) is 10.1. The van der Waals surface area contributed by atoms with Gasteiger partial charge in [-0.05, 0) is 18.9 Å². The Morgan fingerprint density at radius 3 is 1.46 bits per heavy atom. The van der Waals surface area contributed by atoms with Gasteiger partial charge >= 0.3 is 44.5 Å². The van der Waals surface area contributed by atoms with Crippen LogP contribution in [-0.4, -0.2) is 0 Å². The quantitative estimate of drug-likeness (QED) is 0.137. The van der Waals surface area contributed by atoms with Gasteiger partial charge in [0, 0.05) is 12.1 Å². The van der Waals surface area contributed by atoms with Crippen molar-refractivity contribution < 1.29 is 29.6 Å². The standard InChI is InChI=1S/C20H35O.F6P/c1-4-5-6-7-8-9-10-11-12-13-14-15-20-17-18(2)16-19(3)21-20;1-7(2,3,4,5)6/h16-17H,4-15H2,1-3H3;/q+1;-1. The van der Waals surface area contributed by atoms with Crippen LogP contribution in [-0.2, 0) is 6.42 Å². The predicted octanol–water partition coefficient (Wildman–Crippen LogP) is 10.4. The predicted molar refractivity (Wildman–Crippen MR) is 106 cm³/mol. The van der Waals surface area contributed by atoms with Crippen LogP contribution in [0.2, 0.25) is 0 Å². The van der Waals surface area contributed by atoms with E-state index in [0.29, 0.717) is 0 Å². The first kappa shape index (κ1) is 27.2. The van der Waals surface area contributed by atoms with E-state index in [1.54, 1.807) is 0 Å². The first-order valence-corrected chi connectivity index (χ1v) is 12.2. The molecule has 0 bridgehead atoms. The molecule has 168 valence electrons. The molecule has 0 amide bonds. The molecule has 0 spiro atoms. The third-order valence-corrected chi connectivity index (χ3v) is 4.14. The summed E-state index contributed by atoms with van der Waals surface area (Å²) in [6, 6.07) is 4.29. The van der Waals surface area contributed by atoms with Crippen molar-refractivity contribution in [3.63, 3.8) is 0 Å². The normalized spacial score (nSPS) is 14.0. The monoisotopic (exact) mass is 436 g/mol. The van der Waals surface area contributed by atoms with Gasteiger partial charge in [0.05, 0.1) is 13.3 Å². The fourth-order valence-electron chi connectivity index (χ4n) is 2.97. The van der Waals surface area contributed by atoms with Crippen molar-refractivity contribution in [2.75, 3.05) is 0 Å². The number of unbranched alkanes of at least 4 members (excludes halogenated alkanes) is 10. The van der Waals surface area contributed by atoms with Crippen molar-refractivity contribution in [3.8, 4) is 0 Å². The molecule has 0 aliphatic rings. The molecule has 0 N–H and O–H groups in total. The van der Waals surface area contributed by atoms with Crippen molar-refractivity contribution in [2.24, 2.45) is 0 Å². The number of aryl methyl sites for hydroxylation is 3. The molecular formula is C20H35F6OP. The summed E-state index contributed by atoms with van der Waals surface area (Å²) >= 11 is 0. The zero-order valence-electron chi connectivity index (χ0n) is 17.3. The number of hydrogen-bond acceptors (Lipinski definition) is 0. The third-order valence-electron chi connectivity index (χ3n) is 4.14.